The number of alkyl halides is 3. The second-order valence-corrected chi connectivity index (χ2v) is 4.20. The third kappa shape index (κ3) is 3.80. The first-order chi connectivity index (χ1) is 9.17. The summed E-state index contributed by atoms with van der Waals surface area (Å²) in [6.45, 7) is 0.256. The molecule has 0 unspecified atom stereocenters. The lowest BCUT2D eigenvalue weighted by Gasteiger charge is -2.23. The van der Waals surface area contributed by atoms with Crippen molar-refractivity contribution in [3.8, 4) is 0 Å². The van der Waals surface area contributed by atoms with Crippen LogP contribution in [0.3, 0.4) is 0 Å². The number of aryl methyl sites for hydroxylation is 1. The van der Waals surface area contributed by atoms with Gasteiger partial charge in [0.2, 0.25) is 0 Å². The second-order valence-electron chi connectivity index (χ2n) is 4.20. The number of carbonyl (C=O) groups excluding carboxylic acids is 1. The summed E-state index contributed by atoms with van der Waals surface area (Å²) < 4.78 is 37.2. The summed E-state index contributed by atoms with van der Waals surface area (Å²) in [6, 6.07) is 0. The van der Waals surface area contributed by atoms with Crippen LogP contribution in [-0.4, -0.2) is 52.0 Å². The van der Waals surface area contributed by atoms with Gasteiger partial charge in [0.15, 0.2) is 0 Å². The SMILES string of the molecule is Cc1n[nH]c(=O)c(C(=O)N(CCO)CC(F)(F)F)c1C. The van der Waals surface area contributed by atoms with Crippen LogP contribution >= 0.6 is 0 Å². The highest BCUT2D eigenvalue weighted by atomic mass is 19.4. The first kappa shape index (κ1) is 16.2. The fourth-order valence-corrected chi connectivity index (χ4v) is 1.63. The molecule has 1 aromatic heterocycles. The molecule has 0 bridgehead atoms. The number of nitrogens with one attached hydrogen (secondary N) is 1. The molecule has 1 heterocycles. The zero-order valence-corrected chi connectivity index (χ0v) is 10.9. The van der Waals surface area contributed by atoms with Gasteiger partial charge in [-0.3, -0.25) is 9.59 Å². The summed E-state index contributed by atoms with van der Waals surface area (Å²) in [5.74, 6) is -1.08. The van der Waals surface area contributed by atoms with Crippen LogP contribution in [0.5, 0.6) is 0 Å². The van der Waals surface area contributed by atoms with Crippen LogP contribution in [0.15, 0.2) is 4.79 Å². The number of aromatic amines is 1. The minimum absolute atomic E-state index is 0.212. The first-order valence-corrected chi connectivity index (χ1v) is 5.70. The molecule has 0 aliphatic carbocycles. The van der Waals surface area contributed by atoms with E-state index >= 15 is 0 Å². The number of rotatable bonds is 4. The van der Waals surface area contributed by atoms with Crippen LogP contribution in [0, 0.1) is 13.8 Å². The predicted octanol–water partition coefficient (Wildman–Crippen LogP) is 0.384. The summed E-state index contributed by atoms with van der Waals surface area (Å²) in [6.07, 6.45) is -4.62. The first-order valence-electron chi connectivity index (χ1n) is 5.70. The average molecular weight is 293 g/mol. The fourth-order valence-electron chi connectivity index (χ4n) is 1.63. The molecule has 0 radical (unpaired) electrons. The third-order valence-corrected chi connectivity index (χ3v) is 2.71. The summed E-state index contributed by atoms with van der Waals surface area (Å²) in [5, 5.41) is 14.4. The highest BCUT2D eigenvalue weighted by Gasteiger charge is 2.34. The Morgan fingerprint density at radius 3 is 2.50 bits per heavy atom. The molecule has 2 N–H and O–H groups in total. The number of halogens is 3. The molecule has 0 spiro atoms. The Labute approximate surface area is 112 Å². The van der Waals surface area contributed by atoms with Crippen molar-refractivity contribution in [1.29, 1.82) is 0 Å². The van der Waals surface area contributed by atoms with Crippen molar-refractivity contribution in [2.24, 2.45) is 0 Å². The van der Waals surface area contributed by atoms with Gasteiger partial charge in [0.25, 0.3) is 11.5 Å². The fraction of sp³-hybridized carbons (Fsp3) is 0.545. The van der Waals surface area contributed by atoms with Crippen LogP contribution in [0.1, 0.15) is 21.6 Å². The maximum atomic E-state index is 12.4. The zero-order chi connectivity index (χ0) is 15.5. The molecule has 20 heavy (non-hydrogen) atoms. The largest absolute Gasteiger partial charge is 0.406 e. The van der Waals surface area contributed by atoms with Crippen molar-refractivity contribution in [2.75, 3.05) is 19.7 Å². The van der Waals surface area contributed by atoms with Gasteiger partial charge in [0.05, 0.1) is 12.3 Å². The monoisotopic (exact) mass is 293 g/mol. The van der Waals surface area contributed by atoms with E-state index in [1.165, 1.54) is 13.8 Å². The smallest absolute Gasteiger partial charge is 0.395 e. The van der Waals surface area contributed by atoms with Crippen LogP contribution in [0.4, 0.5) is 13.2 Å². The van der Waals surface area contributed by atoms with E-state index in [1.54, 1.807) is 0 Å². The Hall–Kier alpha value is -1.90. The highest BCUT2D eigenvalue weighted by molar-refractivity contribution is 5.95. The standard InChI is InChI=1S/C11H14F3N3O3/c1-6-7(2)15-16-9(19)8(6)10(20)17(3-4-18)5-11(12,13)14/h18H,3-5H2,1-2H3,(H,16,19). The zero-order valence-electron chi connectivity index (χ0n) is 10.9. The highest BCUT2D eigenvalue weighted by Crippen LogP contribution is 2.18. The van der Waals surface area contributed by atoms with E-state index in [0.717, 1.165) is 0 Å². The maximum absolute atomic E-state index is 12.4. The molecule has 1 amide bonds. The number of H-pyrrole nitrogens is 1. The van der Waals surface area contributed by atoms with Crippen molar-refractivity contribution < 1.29 is 23.1 Å². The molecular formula is C11H14F3N3O3. The van der Waals surface area contributed by atoms with Gasteiger partial charge in [-0.1, -0.05) is 0 Å². The molecule has 9 heteroatoms. The van der Waals surface area contributed by atoms with Gasteiger partial charge in [-0.2, -0.15) is 18.3 Å². The molecule has 0 fully saturated rings. The molecule has 0 aliphatic rings. The summed E-state index contributed by atoms with van der Waals surface area (Å²) in [7, 11) is 0. The Balaban J connectivity index is 3.20. The second kappa shape index (κ2) is 6.04. The lowest BCUT2D eigenvalue weighted by Crippen LogP contribution is -2.43. The quantitative estimate of drug-likeness (QED) is 0.840. The van der Waals surface area contributed by atoms with Gasteiger partial charge in [-0.05, 0) is 19.4 Å². The van der Waals surface area contributed by atoms with Gasteiger partial charge < -0.3 is 10.0 Å². The Morgan fingerprint density at radius 2 is 2.00 bits per heavy atom. The summed E-state index contributed by atoms with van der Waals surface area (Å²) in [4.78, 5) is 24.1. The molecule has 1 rings (SSSR count). The number of aliphatic hydroxyl groups is 1. The lowest BCUT2D eigenvalue weighted by atomic mass is 10.1. The molecule has 0 saturated carbocycles. The molecule has 0 aromatic carbocycles. The molecule has 6 nitrogen and oxygen atoms in total. The molecular weight excluding hydrogens is 279 g/mol. The van der Waals surface area contributed by atoms with Gasteiger partial charge in [0, 0.05) is 6.54 Å². The van der Waals surface area contributed by atoms with Crippen molar-refractivity contribution in [2.45, 2.75) is 20.0 Å². The molecule has 0 atom stereocenters. The summed E-state index contributed by atoms with van der Waals surface area (Å²) in [5.41, 5.74) is -0.703. The van der Waals surface area contributed by atoms with Crippen molar-refractivity contribution in [1.82, 2.24) is 15.1 Å². The van der Waals surface area contributed by atoms with E-state index < -0.39 is 42.9 Å². The number of aromatic nitrogens is 2. The van der Waals surface area contributed by atoms with Crippen molar-refractivity contribution >= 4 is 5.91 Å². The normalized spacial score (nSPS) is 11.5. The Morgan fingerprint density at radius 1 is 1.40 bits per heavy atom. The van der Waals surface area contributed by atoms with E-state index in [2.05, 4.69) is 10.2 Å². The van der Waals surface area contributed by atoms with E-state index in [4.69, 9.17) is 5.11 Å². The lowest BCUT2D eigenvalue weighted by molar-refractivity contribution is -0.141. The van der Waals surface area contributed by atoms with Gasteiger partial charge in [-0.25, -0.2) is 5.10 Å². The van der Waals surface area contributed by atoms with E-state index in [0.29, 0.717) is 10.6 Å². The Bertz CT molecular complexity index is 554. The number of amides is 1. The average Bonchev–Trinajstić information content (AvgIpc) is 2.32. The van der Waals surface area contributed by atoms with Crippen LogP contribution < -0.4 is 5.56 Å². The number of hydrogen-bond acceptors (Lipinski definition) is 4. The van der Waals surface area contributed by atoms with Crippen LogP contribution in [0.2, 0.25) is 0 Å². The topological polar surface area (TPSA) is 86.3 Å². The predicted molar refractivity (Wildman–Crippen MR) is 63.4 cm³/mol. The number of nitrogens with zero attached hydrogens (tertiary/aromatic N) is 2. The number of aliphatic hydroxyl groups excluding tert-OH is 1. The molecule has 112 valence electrons. The van der Waals surface area contributed by atoms with Crippen molar-refractivity contribution in [3.05, 3.63) is 27.2 Å². The maximum Gasteiger partial charge on any atom is 0.406 e. The van der Waals surface area contributed by atoms with Crippen LogP contribution in [0.25, 0.3) is 0 Å². The Kier molecular flexibility index (Phi) is 4.88. The van der Waals surface area contributed by atoms with E-state index in [-0.39, 0.29) is 5.56 Å². The van der Waals surface area contributed by atoms with Gasteiger partial charge in [0.1, 0.15) is 12.1 Å². The number of hydrogen-bond donors (Lipinski definition) is 2. The molecule has 0 saturated heterocycles. The molecule has 0 aliphatic heterocycles. The third-order valence-electron chi connectivity index (χ3n) is 2.71. The van der Waals surface area contributed by atoms with Gasteiger partial charge in [-0.15, -0.1) is 0 Å². The summed E-state index contributed by atoms with van der Waals surface area (Å²) >= 11 is 0. The number of carbonyl (C=O) groups is 1. The minimum atomic E-state index is -4.62. The van der Waals surface area contributed by atoms with E-state index in [9.17, 15) is 22.8 Å². The van der Waals surface area contributed by atoms with Crippen molar-refractivity contribution in [3.63, 3.8) is 0 Å². The minimum Gasteiger partial charge on any atom is -0.395 e. The van der Waals surface area contributed by atoms with E-state index in [1.807, 2.05) is 0 Å². The molecule has 1 aromatic rings. The van der Waals surface area contributed by atoms with Gasteiger partial charge >= 0.3 is 6.18 Å². The van der Waals surface area contributed by atoms with Crippen LogP contribution in [-0.2, 0) is 0 Å².